The first-order chi connectivity index (χ1) is 13.7. The topological polar surface area (TPSA) is 93.8 Å². The molecule has 28 heavy (non-hydrogen) atoms. The lowest BCUT2D eigenvalue weighted by Crippen LogP contribution is -2.13. The van der Waals surface area contributed by atoms with Gasteiger partial charge in [-0.25, -0.2) is 4.39 Å². The number of halogens is 1. The molecule has 0 saturated carbocycles. The molecule has 0 bridgehead atoms. The van der Waals surface area contributed by atoms with Crippen molar-refractivity contribution in [3.63, 3.8) is 0 Å². The van der Waals surface area contributed by atoms with Crippen molar-refractivity contribution in [1.29, 1.82) is 0 Å². The maximum absolute atomic E-state index is 13.8. The molecule has 1 amide bonds. The van der Waals surface area contributed by atoms with Crippen LogP contribution in [0, 0.1) is 5.82 Å². The van der Waals surface area contributed by atoms with Crippen LogP contribution in [0.25, 0.3) is 22.0 Å². The van der Waals surface area contributed by atoms with Gasteiger partial charge in [0.15, 0.2) is 5.01 Å². The molecule has 0 aliphatic heterocycles. The average Bonchev–Trinajstić information content (AvgIpc) is 3.37. The van der Waals surface area contributed by atoms with Crippen molar-refractivity contribution in [2.24, 2.45) is 0 Å². The highest BCUT2D eigenvalue weighted by molar-refractivity contribution is 7.99. The second kappa shape index (κ2) is 8.28. The first kappa shape index (κ1) is 18.3. The largest absolute Gasteiger partial charge is 0.411 e. The minimum atomic E-state index is -0.391. The Bertz CT molecular complexity index is 1100. The molecule has 0 aliphatic carbocycles. The Balaban J connectivity index is 1.34. The molecule has 140 valence electrons. The Morgan fingerprint density at radius 3 is 2.64 bits per heavy atom. The van der Waals surface area contributed by atoms with Crippen LogP contribution in [0.15, 0.2) is 64.2 Å². The number of thioether (sulfide) groups is 1. The highest BCUT2D eigenvalue weighted by Crippen LogP contribution is 2.28. The van der Waals surface area contributed by atoms with E-state index in [0.717, 1.165) is 28.7 Å². The fourth-order valence-electron chi connectivity index (χ4n) is 2.27. The number of rotatable bonds is 6. The van der Waals surface area contributed by atoms with Crippen LogP contribution in [0.4, 0.5) is 9.52 Å². The zero-order valence-electron chi connectivity index (χ0n) is 14.2. The second-order valence-electron chi connectivity index (χ2n) is 5.47. The van der Waals surface area contributed by atoms with Gasteiger partial charge in [0.05, 0.1) is 5.75 Å². The summed E-state index contributed by atoms with van der Waals surface area (Å²) in [5.41, 5.74) is 1.15. The number of nitrogens with one attached hydrogen (secondary N) is 1. The van der Waals surface area contributed by atoms with E-state index in [-0.39, 0.29) is 11.7 Å². The third-order valence-corrected chi connectivity index (χ3v) is 5.22. The molecular weight excluding hydrogens is 401 g/mol. The van der Waals surface area contributed by atoms with Gasteiger partial charge < -0.3 is 4.42 Å². The van der Waals surface area contributed by atoms with E-state index in [1.54, 1.807) is 18.2 Å². The van der Waals surface area contributed by atoms with E-state index in [1.807, 2.05) is 30.3 Å². The van der Waals surface area contributed by atoms with Crippen LogP contribution in [-0.2, 0) is 4.79 Å². The first-order valence-electron chi connectivity index (χ1n) is 8.09. The van der Waals surface area contributed by atoms with Crippen LogP contribution in [0.3, 0.4) is 0 Å². The average molecular weight is 413 g/mol. The van der Waals surface area contributed by atoms with Gasteiger partial charge in [-0.1, -0.05) is 53.4 Å². The Morgan fingerprint density at radius 2 is 1.82 bits per heavy atom. The van der Waals surface area contributed by atoms with E-state index in [2.05, 4.69) is 25.7 Å². The van der Waals surface area contributed by atoms with Crippen LogP contribution in [-0.4, -0.2) is 32.1 Å². The fraction of sp³-hybridized carbons (Fsp3) is 0.0556. The maximum atomic E-state index is 13.8. The van der Waals surface area contributed by atoms with E-state index in [9.17, 15) is 9.18 Å². The number of anilines is 1. The molecule has 0 atom stereocenters. The molecule has 4 aromatic rings. The van der Waals surface area contributed by atoms with Gasteiger partial charge in [-0.15, -0.1) is 20.4 Å². The van der Waals surface area contributed by atoms with Gasteiger partial charge in [0.1, 0.15) is 5.82 Å². The van der Waals surface area contributed by atoms with Gasteiger partial charge in [-0.3, -0.25) is 10.1 Å². The van der Waals surface area contributed by atoms with Crippen LogP contribution in [0.2, 0.25) is 0 Å². The first-order valence-corrected chi connectivity index (χ1v) is 9.89. The van der Waals surface area contributed by atoms with E-state index < -0.39 is 5.82 Å². The Hall–Kier alpha value is -3.11. The summed E-state index contributed by atoms with van der Waals surface area (Å²) in [6, 6.07) is 15.6. The minimum Gasteiger partial charge on any atom is -0.411 e. The van der Waals surface area contributed by atoms with E-state index in [4.69, 9.17) is 4.42 Å². The minimum absolute atomic E-state index is 0.0606. The van der Waals surface area contributed by atoms with Crippen LogP contribution in [0.5, 0.6) is 0 Å². The van der Waals surface area contributed by atoms with Gasteiger partial charge in [-0.2, -0.15) is 0 Å². The highest BCUT2D eigenvalue weighted by atomic mass is 32.2. The predicted molar refractivity (Wildman–Crippen MR) is 104 cm³/mol. The van der Waals surface area contributed by atoms with Crippen molar-refractivity contribution in [2.45, 2.75) is 5.22 Å². The van der Waals surface area contributed by atoms with Gasteiger partial charge in [0, 0.05) is 11.1 Å². The molecule has 1 N–H and O–H groups in total. The molecule has 10 heteroatoms. The molecule has 2 heterocycles. The summed E-state index contributed by atoms with van der Waals surface area (Å²) in [5.74, 6) is -0.244. The SMILES string of the molecule is O=C(CSc1nnc(-c2ccccc2)o1)Nc1nnc(-c2ccccc2F)s1. The fourth-order valence-corrected chi connectivity index (χ4v) is 3.62. The molecule has 0 unspecified atom stereocenters. The second-order valence-corrected chi connectivity index (χ2v) is 7.37. The molecule has 2 aromatic heterocycles. The molecular formula is C18H12FN5O2S2. The lowest BCUT2D eigenvalue weighted by molar-refractivity contribution is -0.113. The van der Waals surface area contributed by atoms with E-state index in [0.29, 0.717) is 26.8 Å². The lowest BCUT2D eigenvalue weighted by Gasteiger charge is -1.98. The number of nitrogens with zero attached hydrogens (tertiary/aromatic N) is 4. The van der Waals surface area contributed by atoms with Crippen LogP contribution in [0.1, 0.15) is 0 Å². The maximum Gasteiger partial charge on any atom is 0.277 e. The van der Waals surface area contributed by atoms with Crippen LogP contribution < -0.4 is 5.32 Å². The summed E-state index contributed by atoms with van der Waals surface area (Å²) in [7, 11) is 0. The quantitative estimate of drug-likeness (QED) is 0.475. The Labute approximate surface area is 167 Å². The molecule has 0 spiro atoms. The number of aromatic nitrogens is 4. The van der Waals surface area contributed by atoms with Gasteiger partial charge in [-0.05, 0) is 24.3 Å². The number of amides is 1. The summed E-state index contributed by atoms with van der Waals surface area (Å²) in [6.07, 6.45) is 0. The zero-order valence-corrected chi connectivity index (χ0v) is 15.8. The standard InChI is InChI=1S/C18H12FN5O2S2/c19-13-9-5-4-8-12(13)16-22-23-17(28-16)20-14(25)10-27-18-24-21-15(26-18)11-6-2-1-3-7-11/h1-9H,10H2,(H,20,23,25). The number of hydrogen-bond acceptors (Lipinski definition) is 8. The monoisotopic (exact) mass is 413 g/mol. The van der Waals surface area contributed by atoms with Crippen LogP contribution >= 0.6 is 23.1 Å². The van der Waals surface area contributed by atoms with Gasteiger partial charge >= 0.3 is 0 Å². The van der Waals surface area contributed by atoms with E-state index in [1.165, 1.54) is 6.07 Å². The zero-order chi connectivity index (χ0) is 19.3. The Kier molecular flexibility index (Phi) is 5.40. The molecule has 4 rings (SSSR count). The summed E-state index contributed by atoms with van der Waals surface area (Å²) in [6.45, 7) is 0. The molecule has 0 aliphatic rings. The molecule has 0 fully saturated rings. The van der Waals surface area contributed by atoms with Crippen molar-refractivity contribution in [3.05, 3.63) is 60.4 Å². The molecule has 0 saturated heterocycles. The normalized spacial score (nSPS) is 10.8. The highest BCUT2D eigenvalue weighted by Gasteiger charge is 2.14. The molecule has 2 aromatic carbocycles. The summed E-state index contributed by atoms with van der Waals surface area (Å²) < 4.78 is 19.3. The summed E-state index contributed by atoms with van der Waals surface area (Å²) in [5, 5.41) is 19.3. The van der Waals surface area contributed by atoms with Crippen molar-refractivity contribution in [3.8, 4) is 22.0 Å². The third-order valence-electron chi connectivity index (χ3n) is 3.53. The summed E-state index contributed by atoms with van der Waals surface area (Å²) >= 11 is 2.21. The van der Waals surface area contributed by atoms with Crippen molar-refractivity contribution in [1.82, 2.24) is 20.4 Å². The molecule has 7 nitrogen and oxygen atoms in total. The smallest absolute Gasteiger partial charge is 0.277 e. The van der Waals surface area contributed by atoms with Gasteiger partial charge in [0.2, 0.25) is 16.9 Å². The number of hydrogen-bond donors (Lipinski definition) is 1. The number of carbonyl (C=O) groups excluding carboxylic acids is 1. The van der Waals surface area contributed by atoms with E-state index >= 15 is 0 Å². The third kappa shape index (κ3) is 4.24. The van der Waals surface area contributed by atoms with Gasteiger partial charge in [0.25, 0.3) is 5.22 Å². The summed E-state index contributed by atoms with van der Waals surface area (Å²) in [4.78, 5) is 12.1. The number of benzene rings is 2. The predicted octanol–water partition coefficient (Wildman–Crippen LogP) is 4.13. The van der Waals surface area contributed by atoms with Crippen molar-refractivity contribution < 1.29 is 13.6 Å². The Morgan fingerprint density at radius 1 is 1.04 bits per heavy atom. The van der Waals surface area contributed by atoms with Crippen molar-refractivity contribution in [2.75, 3.05) is 11.1 Å². The van der Waals surface area contributed by atoms with Crippen molar-refractivity contribution >= 4 is 34.1 Å². The lowest BCUT2D eigenvalue weighted by atomic mass is 10.2. The molecule has 0 radical (unpaired) electrons. The number of carbonyl (C=O) groups is 1.